The molecular weight excluding hydrogens is 576 g/mol. The Balaban J connectivity index is 1.40. The van der Waals surface area contributed by atoms with E-state index in [9.17, 15) is 0 Å². The molecule has 2 N–H and O–H groups in total. The normalized spacial score (nSPS) is 10.9. The predicted molar refractivity (Wildman–Crippen MR) is 141 cm³/mol. The Labute approximate surface area is 213 Å². The molecule has 0 saturated carbocycles. The van der Waals surface area contributed by atoms with Crippen LogP contribution in [0.25, 0.3) is 0 Å². The Morgan fingerprint density at radius 1 is 0.906 bits per heavy atom. The molecule has 0 aliphatic carbocycles. The lowest BCUT2D eigenvalue weighted by atomic mass is 10.1. The highest BCUT2D eigenvalue weighted by molar-refractivity contribution is 9.11. The number of anilines is 2. The van der Waals surface area contributed by atoms with Crippen molar-refractivity contribution < 1.29 is 0 Å². The lowest BCUT2D eigenvalue weighted by Gasteiger charge is -2.07. The molecule has 0 atom stereocenters. The largest absolute Gasteiger partial charge is 0.315 e. The number of nitrogens with one attached hydrogen (secondary N) is 2. The molecule has 0 aliphatic heterocycles. The number of aromatic nitrogens is 4. The Morgan fingerprint density at radius 3 is 2.06 bits per heavy atom. The van der Waals surface area contributed by atoms with Crippen molar-refractivity contribution in [2.24, 2.45) is 0 Å². The third-order valence-corrected chi connectivity index (χ3v) is 6.39. The zero-order chi connectivity index (χ0) is 22.7. The molecule has 0 saturated heterocycles. The first-order chi connectivity index (χ1) is 15.4. The Hall–Kier alpha value is -2.20. The second kappa shape index (κ2) is 10.2. The highest BCUT2D eigenvalue weighted by Crippen LogP contribution is 2.24. The van der Waals surface area contributed by atoms with Crippen LogP contribution >= 0.6 is 55.7 Å². The van der Waals surface area contributed by atoms with E-state index in [0.29, 0.717) is 34.9 Å². The van der Waals surface area contributed by atoms with Gasteiger partial charge >= 0.3 is 0 Å². The van der Waals surface area contributed by atoms with Crippen LogP contribution in [-0.2, 0) is 13.1 Å². The summed E-state index contributed by atoms with van der Waals surface area (Å²) in [6.45, 7) is 3.29. The van der Waals surface area contributed by atoms with Crippen LogP contribution < -0.4 is 10.6 Å². The number of aryl methyl sites for hydroxylation is 1. The van der Waals surface area contributed by atoms with Gasteiger partial charge in [0.05, 0.1) is 22.0 Å². The maximum atomic E-state index is 6.26. The van der Waals surface area contributed by atoms with Crippen molar-refractivity contribution >= 4 is 72.4 Å². The minimum Gasteiger partial charge on any atom is -0.315 e. The van der Waals surface area contributed by atoms with Crippen molar-refractivity contribution in [2.75, 3.05) is 10.6 Å². The van der Waals surface area contributed by atoms with E-state index in [0.717, 1.165) is 14.5 Å². The summed E-state index contributed by atoms with van der Waals surface area (Å²) < 4.78 is 5.26. The Morgan fingerprint density at radius 2 is 1.47 bits per heavy atom. The monoisotopic (exact) mass is 592 g/mol. The first-order valence-electron chi connectivity index (χ1n) is 9.70. The topological polar surface area (TPSA) is 59.7 Å². The van der Waals surface area contributed by atoms with Gasteiger partial charge in [-0.3, -0.25) is 9.36 Å². The quantitative estimate of drug-likeness (QED) is 0.251. The van der Waals surface area contributed by atoms with E-state index in [2.05, 4.69) is 83.9 Å². The van der Waals surface area contributed by atoms with Gasteiger partial charge in [-0.1, -0.05) is 59.6 Å². The van der Waals surface area contributed by atoms with Gasteiger partial charge in [-0.2, -0.15) is 10.2 Å². The highest BCUT2D eigenvalue weighted by atomic mass is 79.9. The molecule has 2 aromatic heterocycles. The number of hydrogen-bond acceptors (Lipinski definition) is 3. The SMILES string of the molecule is Cc1ccc(Cn2cc(Br)c(NC(=S)Nc3nn(Cc4ccccc4Cl)cc3Br)n2)cc1. The van der Waals surface area contributed by atoms with E-state index >= 15 is 0 Å². The van der Waals surface area contributed by atoms with Gasteiger partial charge in [0, 0.05) is 17.4 Å². The van der Waals surface area contributed by atoms with Gasteiger partial charge in [0.25, 0.3) is 0 Å². The first kappa shape index (κ1) is 23.0. The molecule has 0 bridgehead atoms. The summed E-state index contributed by atoms with van der Waals surface area (Å²) >= 11 is 18.8. The van der Waals surface area contributed by atoms with E-state index in [-0.39, 0.29) is 0 Å². The van der Waals surface area contributed by atoms with E-state index < -0.39 is 0 Å². The molecule has 6 nitrogen and oxygen atoms in total. The molecule has 2 heterocycles. The van der Waals surface area contributed by atoms with E-state index in [1.165, 1.54) is 11.1 Å². The third-order valence-electron chi connectivity index (χ3n) is 4.65. The maximum absolute atomic E-state index is 6.26. The summed E-state index contributed by atoms with van der Waals surface area (Å²) in [6, 6.07) is 16.1. The predicted octanol–water partition coefficient (Wildman–Crippen LogP) is 6.47. The van der Waals surface area contributed by atoms with Crippen LogP contribution in [0.15, 0.2) is 69.9 Å². The van der Waals surface area contributed by atoms with Crippen LogP contribution in [0, 0.1) is 6.92 Å². The fourth-order valence-electron chi connectivity index (χ4n) is 3.05. The smallest absolute Gasteiger partial charge is 0.177 e. The zero-order valence-corrected chi connectivity index (χ0v) is 21.8. The first-order valence-corrected chi connectivity index (χ1v) is 12.1. The summed E-state index contributed by atoms with van der Waals surface area (Å²) in [5.74, 6) is 1.23. The molecule has 0 unspecified atom stereocenters. The molecular formula is C22H19Br2ClN6S. The fraction of sp³-hybridized carbons (Fsp3) is 0.136. The Bertz CT molecular complexity index is 1250. The number of thiocarbonyl (C=S) groups is 1. The van der Waals surface area contributed by atoms with Crippen molar-refractivity contribution in [1.82, 2.24) is 19.6 Å². The molecule has 0 fully saturated rings. The summed E-state index contributed by atoms with van der Waals surface area (Å²) in [6.07, 6.45) is 3.79. The molecule has 4 aromatic rings. The van der Waals surface area contributed by atoms with E-state index in [4.69, 9.17) is 23.8 Å². The average molecular weight is 595 g/mol. The molecule has 0 amide bonds. The van der Waals surface area contributed by atoms with Crippen LogP contribution in [0.5, 0.6) is 0 Å². The van der Waals surface area contributed by atoms with Crippen LogP contribution in [0.1, 0.15) is 16.7 Å². The van der Waals surface area contributed by atoms with Gasteiger partial charge in [-0.05, 0) is 68.2 Å². The standard InChI is InChI=1S/C22H19Br2ClN6S/c1-14-6-8-15(9-7-14)10-30-12-17(23)20(28-30)26-22(32)27-21-18(24)13-31(29-21)11-16-4-2-3-5-19(16)25/h2-9,12-13H,10-11H2,1H3,(H2,26,27,28,29,32). The molecule has 0 aliphatic rings. The van der Waals surface area contributed by atoms with Crippen molar-refractivity contribution in [3.63, 3.8) is 0 Å². The van der Waals surface area contributed by atoms with Crippen molar-refractivity contribution in [3.05, 3.63) is 91.6 Å². The van der Waals surface area contributed by atoms with Gasteiger partial charge in [0.15, 0.2) is 16.7 Å². The lowest BCUT2D eigenvalue weighted by molar-refractivity contribution is 0.689. The molecule has 0 radical (unpaired) electrons. The zero-order valence-electron chi connectivity index (χ0n) is 17.0. The minimum atomic E-state index is 0.384. The summed E-state index contributed by atoms with van der Waals surface area (Å²) in [5.41, 5.74) is 3.39. The average Bonchev–Trinajstić information content (AvgIpc) is 3.26. The van der Waals surface area contributed by atoms with Gasteiger partial charge in [-0.15, -0.1) is 0 Å². The second-order valence-corrected chi connectivity index (χ2v) is 9.73. The molecule has 0 spiro atoms. The third kappa shape index (κ3) is 5.78. The highest BCUT2D eigenvalue weighted by Gasteiger charge is 2.13. The van der Waals surface area contributed by atoms with Crippen LogP contribution in [0.4, 0.5) is 11.6 Å². The van der Waals surface area contributed by atoms with Crippen LogP contribution in [0.2, 0.25) is 5.02 Å². The van der Waals surface area contributed by atoms with Crippen molar-refractivity contribution in [3.8, 4) is 0 Å². The number of halogens is 3. The molecule has 32 heavy (non-hydrogen) atoms. The van der Waals surface area contributed by atoms with Crippen LogP contribution in [0.3, 0.4) is 0 Å². The number of nitrogens with zero attached hydrogens (tertiary/aromatic N) is 4. The summed E-state index contributed by atoms with van der Waals surface area (Å²) in [5, 5.41) is 16.5. The molecule has 10 heteroatoms. The second-order valence-electron chi connectivity index (χ2n) is 7.20. The fourth-order valence-corrected chi connectivity index (χ4v) is 4.27. The lowest BCUT2D eigenvalue weighted by Crippen LogP contribution is -2.20. The van der Waals surface area contributed by atoms with E-state index in [1.807, 2.05) is 41.3 Å². The van der Waals surface area contributed by atoms with Gasteiger partial charge in [-0.25, -0.2) is 0 Å². The number of hydrogen-bond donors (Lipinski definition) is 2. The van der Waals surface area contributed by atoms with Crippen molar-refractivity contribution in [1.29, 1.82) is 0 Å². The minimum absolute atomic E-state index is 0.384. The molecule has 4 rings (SSSR count). The number of benzene rings is 2. The number of rotatable bonds is 6. The summed E-state index contributed by atoms with van der Waals surface area (Å²) in [7, 11) is 0. The molecule has 2 aromatic carbocycles. The maximum Gasteiger partial charge on any atom is 0.177 e. The Kier molecular flexibility index (Phi) is 7.30. The van der Waals surface area contributed by atoms with Gasteiger partial charge in [0.2, 0.25) is 0 Å². The molecule has 164 valence electrons. The summed E-state index contributed by atoms with van der Waals surface area (Å²) in [4.78, 5) is 0. The van der Waals surface area contributed by atoms with E-state index in [1.54, 1.807) is 4.68 Å². The van der Waals surface area contributed by atoms with Crippen molar-refractivity contribution in [2.45, 2.75) is 20.0 Å². The van der Waals surface area contributed by atoms with Crippen LogP contribution in [-0.4, -0.2) is 24.7 Å². The van der Waals surface area contributed by atoms with Gasteiger partial charge in [0.1, 0.15) is 0 Å². The van der Waals surface area contributed by atoms with Gasteiger partial charge < -0.3 is 10.6 Å².